The molecule has 1 aromatic carbocycles. The summed E-state index contributed by atoms with van der Waals surface area (Å²) in [6, 6.07) is 1.38. The van der Waals surface area contributed by atoms with E-state index < -0.39 is 15.9 Å². The normalized spacial score (nSPS) is 12.9. The molecule has 0 saturated carbocycles. The Balaban J connectivity index is 1.67. The first-order chi connectivity index (χ1) is 16.0. The second kappa shape index (κ2) is 9.10. The van der Waals surface area contributed by atoms with Crippen LogP contribution in [0.5, 0.6) is 11.5 Å². The Morgan fingerprint density at radius 2 is 1.91 bits per heavy atom. The number of rotatable bonds is 7. The van der Waals surface area contributed by atoms with E-state index in [4.69, 9.17) is 25.6 Å². The Bertz CT molecular complexity index is 1380. The number of amides is 1. The summed E-state index contributed by atoms with van der Waals surface area (Å²) < 4.78 is 44.5. The molecule has 0 fully saturated rings. The second-order valence-electron chi connectivity index (χ2n) is 7.99. The summed E-state index contributed by atoms with van der Waals surface area (Å²) >= 11 is 7.10. The molecule has 2 aromatic heterocycles. The molecule has 2 N–H and O–H groups in total. The van der Waals surface area contributed by atoms with Crippen LogP contribution in [0.3, 0.4) is 0 Å². The van der Waals surface area contributed by atoms with Crippen molar-refractivity contribution in [1.82, 2.24) is 10.1 Å². The van der Waals surface area contributed by atoms with E-state index in [9.17, 15) is 13.2 Å². The largest absolute Gasteiger partial charge is 0.453 e. The van der Waals surface area contributed by atoms with Crippen LogP contribution >= 0.6 is 22.9 Å². The van der Waals surface area contributed by atoms with Crippen molar-refractivity contribution in [2.75, 3.05) is 30.9 Å². The summed E-state index contributed by atoms with van der Waals surface area (Å²) in [7, 11) is -0.237. The smallest absolute Gasteiger partial charge is 0.267 e. The van der Waals surface area contributed by atoms with E-state index >= 15 is 0 Å². The molecule has 10 nitrogen and oxygen atoms in total. The van der Waals surface area contributed by atoms with Gasteiger partial charge in [0.15, 0.2) is 11.5 Å². The number of thiophene rings is 1. The number of fused-ring (bicyclic) bond motifs is 1. The highest BCUT2D eigenvalue weighted by atomic mass is 35.5. The summed E-state index contributed by atoms with van der Waals surface area (Å²) in [4.78, 5) is 15.2. The van der Waals surface area contributed by atoms with Crippen molar-refractivity contribution in [3.8, 4) is 11.5 Å². The van der Waals surface area contributed by atoms with Crippen molar-refractivity contribution in [1.29, 1.82) is 0 Å². The number of carbonyl (C=O) groups is 1. The maximum Gasteiger partial charge on any atom is 0.267 e. The van der Waals surface area contributed by atoms with Gasteiger partial charge in [0.05, 0.1) is 5.56 Å². The summed E-state index contributed by atoms with van der Waals surface area (Å²) in [6.45, 7) is 5.94. The van der Waals surface area contributed by atoms with Crippen LogP contribution in [0, 0.1) is 20.8 Å². The number of carbonyl (C=O) groups excluding carboxylic acids is 1. The van der Waals surface area contributed by atoms with Crippen LogP contribution in [0.15, 0.2) is 20.9 Å². The number of hydrogen-bond acceptors (Lipinski definition) is 9. The monoisotopic (exact) mass is 526 g/mol. The Labute approximate surface area is 205 Å². The van der Waals surface area contributed by atoms with Crippen LogP contribution < -0.4 is 19.5 Å². The average molecular weight is 527 g/mol. The zero-order valence-electron chi connectivity index (χ0n) is 19.1. The number of nitrogens with zero attached hydrogens (tertiary/aromatic N) is 2. The Kier molecular flexibility index (Phi) is 6.51. The number of nitrogens with one attached hydrogen (secondary N) is 2. The highest BCUT2D eigenvalue weighted by molar-refractivity contribution is 7.93. The number of aryl methyl sites for hydroxylation is 1. The van der Waals surface area contributed by atoms with Gasteiger partial charge in [-0.2, -0.15) is 0 Å². The van der Waals surface area contributed by atoms with Crippen molar-refractivity contribution in [3.63, 3.8) is 0 Å². The number of aromatic nitrogens is 1. The average Bonchev–Trinajstić information content (AvgIpc) is 3.49. The predicted molar refractivity (Wildman–Crippen MR) is 129 cm³/mol. The molecule has 4 rings (SSSR count). The molecule has 1 aliphatic heterocycles. The standard InChI is InChI=1S/C21H23ClN4O6S2/c1-10-11(2)15(18-17(30-9-31-18)13(10)8-26(4)5)19(27)23-21-14(6-7-33-21)34(28,29)25-20-16(22)12(3)24-32-20/h6-7,25H,8-9H2,1-5H3,(H,23,27). The molecule has 1 amide bonds. The van der Waals surface area contributed by atoms with Crippen LogP contribution in [0.1, 0.15) is 32.7 Å². The van der Waals surface area contributed by atoms with Gasteiger partial charge in [0.1, 0.15) is 20.6 Å². The summed E-state index contributed by atoms with van der Waals surface area (Å²) in [5.41, 5.74) is 3.21. The highest BCUT2D eigenvalue weighted by Gasteiger charge is 2.31. The number of halogens is 1. The Morgan fingerprint density at radius 3 is 2.56 bits per heavy atom. The van der Waals surface area contributed by atoms with E-state index in [1.165, 1.54) is 6.07 Å². The molecule has 0 saturated heterocycles. The van der Waals surface area contributed by atoms with E-state index in [2.05, 4.69) is 15.2 Å². The predicted octanol–water partition coefficient (Wildman–Crippen LogP) is 4.16. The minimum Gasteiger partial charge on any atom is -0.453 e. The lowest BCUT2D eigenvalue weighted by atomic mass is 9.95. The third kappa shape index (κ3) is 4.33. The molecule has 182 valence electrons. The van der Waals surface area contributed by atoms with E-state index in [0.29, 0.717) is 29.3 Å². The first-order valence-corrected chi connectivity index (χ1v) is 12.8. The summed E-state index contributed by atoms with van der Waals surface area (Å²) in [5, 5.41) is 8.09. The van der Waals surface area contributed by atoms with Crippen molar-refractivity contribution in [2.45, 2.75) is 32.2 Å². The number of hydrogen-bond donors (Lipinski definition) is 2. The van der Waals surface area contributed by atoms with Gasteiger partial charge in [-0.1, -0.05) is 16.8 Å². The summed E-state index contributed by atoms with van der Waals surface area (Å²) in [6.07, 6.45) is 0. The SMILES string of the molecule is Cc1noc(NS(=O)(=O)c2ccsc2NC(=O)c2c(C)c(C)c(CN(C)C)c3c2OCO3)c1Cl. The number of benzene rings is 1. The zero-order valence-corrected chi connectivity index (χ0v) is 21.5. The van der Waals surface area contributed by atoms with Crippen molar-refractivity contribution in [2.24, 2.45) is 0 Å². The zero-order chi connectivity index (χ0) is 24.8. The van der Waals surface area contributed by atoms with Crippen molar-refractivity contribution >= 4 is 49.8 Å². The molecule has 0 aliphatic carbocycles. The van der Waals surface area contributed by atoms with Gasteiger partial charge in [0, 0.05) is 12.1 Å². The minimum atomic E-state index is -4.12. The molecular formula is C21H23ClN4O6S2. The lowest BCUT2D eigenvalue weighted by Gasteiger charge is -2.19. The molecule has 13 heteroatoms. The fourth-order valence-electron chi connectivity index (χ4n) is 3.59. The molecular weight excluding hydrogens is 504 g/mol. The lowest BCUT2D eigenvalue weighted by molar-refractivity contribution is 0.102. The van der Waals surface area contributed by atoms with Crippen LogP contribution in [-0.4, -0.2) is 45.3 Å². The van der Waals surface area contributed by atoms with Gasteiger partial charge in [-0.15, -0.1) is 11.3 Å². The highest BCUT2D eigenvalue weighted by Crippen LogP contribution is 2.44. The molecule has 0 unspecified atom stereocenters. The van der Waals surface area contributed by atoms with E-state index in [1.54, 1.807) is 12.3 Å². The van der Waals surface area contributed by atoms with Crippen LogP contribution in [-0.2, 0) is 16.6 Å². The van der Waals surface area contributed by atoms with Crippen molar-refractivity contribution < 1.29 is 27.2 Å². The van der Waals surface area contributed by atoms with E-state index in [-0.39, 0.29) is 27.6 Å². The maximum absolute atomic E-state index is 13.4. The molecule has 3 heterocycles. The van der Waals surface area contributed by atoms with Gasteiger partial charge in [-0.25, -0.2) is 13.1 Å². The van der Waals surface area contributed by atoms with Gasteiger partial charge < -0.3 is 24.2 Å². The second-order valence-corrected chi connectivity index (χ2v) is 10.9. The number of ether oxygens (including phenoxy) is 2. The quantitative estimate of drug-likeness (QED) is 0.470. The van der Waals surface area contributed by atoms with Crippen LogP contribution in [0.2, 0.25) is 5.02 Å². The lowest BCUT2D eigenvalue weighted by Crippen LogP contribution is -2.19. The number of anilines is 2. The molecule has 0 bridgehead atoms. The molecule has 34 heavy (non-hydrogen) atoms. The Hall–Kier alpha value is -2.80. The van der Waals surface area contributed by atoms with E-state index in [1.807, 2.05) is 32.8 Å². The molecule has 0 radical (unpaired) electrons. The van der Waals surface area contributed by atoms with Gasteiger partial charge in [-0.3, -0.25) is 4.79 Å². The molecule has 0 atom stereocenters. The summed E-state index contributed by atoms with van der Waals surface area (Å²) in [5.74, 6) is 0.165. The fourth-order valence-corrected chi connectivity index (χ4v) is 6.03. The van der Waals surface area contributed by atoms with Gasteiger partial charge >= 0.3 is 0 Å². The molecule has 3 aromatic rings. The molecule has 1 aliphatic rings. The van der Waals surface area contributed by atoms with Gasteiger partial charge in [-0.05, 0) is 57.4 Å². The first-order valence-electron chi connectivity index (χ1n) is 10.1. The topological polar surface area (TPSA) is 123 Å². The first kappa shape index (κ1) is 24.3. The number of sulfonamides is 1. The van der Waals surface area contributed by atoms with Gasteiger partial charge in [0.25, 0.3) is 21.8 Å². The third-order valence-corrected chi connectivity index (χ3v) is 8.15. The fraction of sp³-hybridized carbons (Fsp3) is 0.333. The van der Waals surface area contributed by atoms with Crippen molar-refractivity contribution in [3.05, 3.63) is 44.4 Å². The Morgan fingerprint density at radius 1 is 1.21 bits per heavy atom. The molecule has 0 spiro atoms. The third-order valence-electron chi connectivity index (χ3n) is 5.37. The van der Waals surface area contributed by atoms with Crippen LogP contribution in [0.25, 0.3) is 0 Å². The minimum absolute atomic E-state index is 0.00115. The maximum atomic E-state index is 13.4. The van der Waals surface area contributed by atoms with Gasteiger partial charge in [0.2, 0.25) is 6.79 Å². The van der Waals surface area contributed by atoms with Crippen LogP contribution in [0.4, 0.5) is 10.9 Å². The van der Waals surface area contributed by atoms with E-state index in [0.717, 1.165) is 28.0 Å².